The minimum atomic E-state index is -1.08. The maximum atomic E-state index is 17.2. The van der Waals surface area contributed by atoms with Crippen molar-refractivity contribution in [2.24, 2.45) is 11.3 Å². The van der Waals surface area contributed by atoms with Crippen molar-refractivity contribution < 1.29 is 27.1 Å². The van der Waals surface area contributed by atoms with Gasteiger partial charge in [-0.15, -0.1) is 11.3 Å². The Morgan fingerprint density at radius 3 is 2.70 bits per heavy atom. The standard InChI is InChI=1S/C38H38ClF4N7O2S/c39-25-12-23-31(30(43)29(25)22-5-7-27(42)32-28(22)24(14-44)33(45)53-32)46-36(52-19-38-9-3-11-50(38)15-20(40)13-38)47-34(23)48-10-2-1-8-37(16-48)17-49(18-37)35(51)21-4-6-26(21)41/h5,7,12,20-21,26H,1-4,6,8-11,13,15-19,45H2/t20-,21?,26?,38+/m1/s1. The van der Waals surface area contributed by atoms with Gasteiger partial charge < -0.3 is 20.3 Å². The fourth-order valence-corrected chi connectivity index (χ4v) is 10.8. The van der Waals surface area contributed by atoms with Crippen LogP contribution in [0.5, 0.6) is 6.01 Å². The lowest BCUT2D eigenvalue weighted by atomic mass is 9.73. The largest absolute Gasteiger partial charge is 0.461 e. The highest BCUT2D eigenvalue weighted by Gasteiger charge is 2.51. The van der Waals surface area contributed by atoms with Crippen LogP contribution in [0, 0.1) is 34.3 Å². The van der Waals surface area contributed by atoms with Crippen LogP contribution >= 0.6 is 22.9 Å². The molecule has 15 heteroatoms. The first-order valence-corrected chi connectivity index (χ1v) is 19.5. The number of nitrogen functional groups attached to an aromatic ring is 1. The monoisotopic (exact) mass is 767 g/mol. The molecule has 9 rings (SSSR count). The molecule has 2 aromatic carbocycles. The number of nitriles is 1. The Morgan fingerprint density at radius 2 is 1.94 bits per heavy atom. The average Bonchev–Trinajstić information content (AvgIpc) is 3.69. The number of anilines is 2. The first-order chi connectivity index (χ1) is 25.5. The van der Waals surface area contributed by atoms with Crippen LogP contribution in [0.2, 0.25) is 5.02 Å². The zero-order chi connectivity index (χ0) is 36.8. The normalized spacial score (nSPS) is 26.8. The molecule has 0 bridgehead atoms. The van der Waals surface area contributed by atoms with E-state index in [1.165, 1.54) is 12.1 Å². The molecule has 278 valence electrons. The number of benzene rings is 2. The highest BCUT2D eigenvalue weighted by molar-refractivity contribution is 7.23. The Hall–Kier alpha value is -3.93. The molecule has 0 radical (unpaired) electrons. The summed E-state index contributed by atoms with van der Waals surface area (Å²) in [6, 6.07) is 6.15. The smallest absolute Gasteiger partial charge is 0.319 e. The van der Waals surface area contributed by atoms with E-state index >= 15 is 4.39 Å². The van der Waals surface area contributed by atoms with Gasteiger partial charge in [0.25, 0.3) is 0 Å². The van der Waals surface area contributed by atoms with Crippen molar-refractivity contribution in [1.29, 1.82) is 5.26 Å². The molecule has 1 saturated carbocycles. The number of alkyl halides is 2. The van der Waals surface area contributed by atoms with Crippen molar-refractivity contribution in [3.8, 4) is 23.2 Å². The summed E-state index contributed by atoms with van der Waals surface area (Å²) in [5, 5.41) is 10.6. The molecule has 1 amide bonds. The molecule has 5 aliphatic rings. The van der Waals surface area contributed by atoms with Crippen LogP contribution in [-0.4, -0.2) is 89.4 Å². The van der Waals surface area contributed by atoms with Crippen LogP contribution in [0.4, 0.5) is 28.4 Å². The van der Waals surface area contributed by atoms with Gasteiger partial charge in [-0.05, 0) is 62.8 Å². The van der Waals surface area contributed by atoms with E-state index < -0.39 is 35.4 Å². The minimum absolute atomic E-state index is 0.0155. The Morgan fingerprint density at radius 1 is 1.11 bits per heavy atom. The molecule has 4 atom stereocenters. The quantitative estimate of drug-likeness (QED) is 0.202. The Balaban J connectivity index is 1.14. The van der Waals surface area contributed by atoms with Gasteiger partial charge in [-0.25, -0.2) is 17.6 Å². The summed E-state index contributed by atoms with van der Waals surface area (Å²) in [7, 11) is 0. The zero-order valence-corrected chi connectivity index (χ0v) is 30.5. The third kappa shape index (κ3) is 5.59. The number of likely N-dealkylation sites (tertiary alicyclic amines) is 1. The van der Waals surface area contributed by atoms with Crippen LogP contribution in [0.3, 0.4) is 0 Å². The lowest BCUT2D eigenvalue weighted by molar-refractivity contribution is -0.154. The lowest BCUT2D eigenvalue weighted by Crippen LogP contribution is -2.64. The topological polar surface area (TPSA) is 112 Å². The SMILES string of the molecule is N#Cc1c(N)sc2c(F)ccc(-c3c(Cl)cc4c(N5CCCCC6(CN(C(=O)C7CCC7F)C6)C5)nc(OC[C@@]56CCCN5C[C@H](F)C6)nc4c3F)c12. The molecular weight excluding hydrogens is 730 g/mol. The van der Waals surface area contributed by atoms with E-state index in [1.807, 2.05) is 6.07 Å². The Labute approximate surface area is 312 Å². The number of carbonyl (C=O) groups excluding carboxylic acids is 1. The number of fused-ring (bicyclic) bond motifs is 3. The van der Waals surface area contributed by atoms with Crippen molar-refractivity contribution in [1.82, 2.24) is 19.8 Å². The minimum Gasteiger partial charge on any atom is -0.461 e. The molecule has 53 heavy (non-hydrogen) atoms. The first-order valence-electron chi connectivity index (χ1n) is 18.3. The molecule has 4 saturated heterocycles. The number of halogens is 5. The van der Waals surface area contributed by atoms with Crippen LogP contribution in [-0.2, 0) is 4.79 Å². The highest BCUT2D eigenvalue weighted by Crippen LogP contribution is 2.48. The summed E-state index contributed by atoms with van der Waals surface area (Å²) in [4.78, 5) is 28.5. The summed E-state index contributed by atoms with van der Waals surface area (Å²) >= 11 is 7.84. The van der Waals surface area contributed by atoms with Gasteiger partial charge in [0.2, 0.25) is 5.91 Å². The van der Waals surface area contributed by atoms with E-state index in [4.69, 9.17) is 27.1 Å². The van der Waals surface area contributed by atoms with Gasteiger partial charge >= 0.3 is 6.01 Å². The van der Waals surface area contributed by atoms with Crippen molar-refractivity contribution in [3.05, 3.63) is 40.4 Å². The number of thiophene rings is 1. The van der Waals surface area contributed by atoms with Gasteiger partial charge in [-0.3, -0.25) is 9.69 Å². The summed E-state index contributed by atoms with van der Waals surface area (Å²) in [5.74, 6) is -1.65. The second kappa shape index (κ2) is 12.8. The third-order valence-electron chi connectivity index (χ3n) is 12.4. The number of hydrogen-bond donors (Lipinski definition) is 1. The van der Waals surface area contributed by atoms with Gasteiger partial charge in [0.1, 0.15) is 47.2 Å². The molecule has 4 aromatic rings. The molecule has 2 N–H and O–H groups in total. The number of ether oxygens (including phenoxy) is 1. The van der Waals surface area contributed by atoms with E-state index in [2.05, 4.69) is 14.8 Å². The molecule has 5 fully saturated rings. The Kier molecular flexibility index (Phi) is 8.43. The fraction of sp³-hybridized carbons (Fsp3) is 0.526. The maximum Gasteiger partial charge on any atom is 0.319 e. The van der Waals surface area contributed by atoms with Gasteiger partial charge in [0.15, 0.2) is 5.82 Å². The van der Waals surface area contributed by atoms with E-state index in [0.29, 0.717) is 63.2 Å². The van der Waals surface area contributed by atoms with Gasteiger partial charge in [-0.2, -0.15) is 15.2 Å². The number of carbonyl (C=O) groups is 1. The van der Waals surface area contributed by atoms with Crippen molar-refractivity contribution in [2.45, 2.75) is 69.2 Å². The second-order valence-electron chi connectivity index (χ2n) is 15.7. The predicted molar refractivity (Wildman–Crippen MR) is 196 cm³/mol. The number of nitrogens with two attached hydrogens (primary N) is 1. The van der Waals surface area contributed by atoms with Crippen LogP contribution in [0.1, 0.15) is 56.9 Å². The molecule has 1 aliphatic carbocycles. The summed E-state index contributed by atoms with van der Waals surface area (Å²) in [5.41, 5.74) is 5.46. The maximum absolute atomic E-state index is 17.2. The first kappa shape index (κ1) is 34.8. The van der Waals surface area contributed by atoms with E-state index in [9.17, 15) is 23.2 Å². The van der Waals surface area contributed by atoms with Crippen molar-refractivity contribution in [3.63, 3.8) is 0 Å². The van der Waals surface area contributed by atoms with E-state index in [0.717, 1.165) is 50.0 Å². The summed E-state index contributed by atoms with van der Waals surface area (Å²) in [6.07, 6.45) is 3.58. The van der Waals surface area contributed by atoms with Gasteiger partial charge in [0.05, 0.1) is 26.7 Å². The van der Waals surface area contributed by atoms with E-state index in [1.54, 1.807) is 11.0 Å². The predicted octanol–water partition coefficient (Wildman–Crippen LogP) is 7.42. The number of rotatable bonds is 6. The average molecular weight is 768 g/mol. The molecule has 2 aromatic heterocycles. The number of hydrogen-bond acceptors (Lipinski definition) is 9. The number of amides is 1. The molecular formula is C38H38ClF4N7O2S. The lowest BCUT2D eigenvalue weighted by Gasteiger charge is -2.53. The molecule has 4 aliphatic heterocycles. The Bertz CT molecular complexity index is 2210. The van der Waals surface area contributed by atoms with Crippen LogP contribution in [0.15, 0.2) is 18.2 Å². The number of aromatic nitrogens is 2. The second-order valence-corrected chi connectivity index (χ2v) is 17.1. The van der Waals surface area contributed by atoms with Crippen molar-refractivity contribution >= 4 is 60.7 Å². The van der Waals surface area contributed by atoms with Crippen LogP contribution in [0.25, 0.3) is 32.1 Å². The summed E-state index contributed by atoms with van der Waals surface area (Å²) in [6.45, 7) is 3.38. The fourth-order valence-electron chi connectivity index (χ4n) is 9.56. The zero-order valence-electron chi connectivity index (χ0n) is 28.9. The molecule has 6 heterocycles. The van der Waals surface area contributed by atoms with E-state index in [-0.39, 0.29) is 66.3 Å². The highest BCUT2D eigenvalue weighted by atomic mass is 35.5. The third-order valence-corrected chi connectivity index (χ3v) is 13.7. The van der Waals surface area contributed by atoms with Crippen LogP contribution < -0.4 is 15.4 Å². The molecule has 9 nitrogen and oxygen atoms in total. The van der Waals surface area contributed by atoms with Crippen molar-refractivity contribution in [2.75, 3.05) is 56.5 Å². The molecule has 2 unspecified atom stereocenters. The molecule has 1 spiro atoms. The van der Waals surface area contributed by atoms with Gasteiger partial charge in [-0.1, -0.05) is 24.1 Å². The van der Waals surface area contributed by atoms with Gasteiger partial charge in [0, 0.05) is 60.9 Å². The number of nitrogens with zero attached hydrogens (tertiary/aromatic N) is 6. The summed E-state index contributed by atoms with van der Waals surface area (Å²) < 4.78 is 67.4.